The first-order valence-electron chi connectivity index (χ1n) is 5.97. The van der Waals surface area contributed by atoms with Crippen molar-refractivity contribution in [2.45, 2.75) is 6.18 Å². The van der Waals surface area contributed by atoms with Gasteiger partial charge < -0.3 is 5.11 Å². The van der Waals surface area contributed by atoms with Crippen LogP contribution in [0.2, 0.25) is 10.0 Å². The van der Waals surface area contributed by atoms with Crippen molar-refractivity contribution < 1.29 is 27.9 Å². The van der Waals surface area contributed by atoms with Crippen LogP contribution in [0.5, 0.6) is 0 Å². The molecule has 0 bridgehead atoms. The highest BCUT2D eigenvalue weighted by molar-refractivity contribution is 6.31. The van der Waals surface area contributed by atoms with E-state index in [2.05, 4.69) is 0 Å². The van der Waals surface area contributed by atoms with Gasteiger partial charge in [0, 0.05) is 21.2 Å². The highest BCUT2D eigenvalue weighted by atomic mass is 35.5. The average molecular weight is 365 g/mol. The van der Waals surface area contributed by atoms with Gasteiger partial charge in [0.05, 0.1) is 0 Å². The molecule has 0 amide bonds. The van der Waals surface area contributed by atoms with Gasteiger partial charge in [-0.1, -0.05) is 23.2 Å². The lowest BCUT2D eigenvalue weighted by atomic mass is 10.0. The van der Waals surface area contributed by atoms with Gasteiger partial charge in [-0.2, -0.15) is 13.2 Å². The molecule has 0 saturated heterocycles. The van der Waals surface area contributed by atoms with Gasteiger partial charge in [-0.3, -0.25) is 4.79 Å². The van der Waals surface area contributed by atoms with Crippen molar-refractivity contribution in [1.82, 2.24) is 0 Å². The van der Waals surface area contributed by atoms with Crippen LogP contribution in [0.4, 0.5) is 13.2 Å². The van der Waals surface area contributed by atoms with E-state index in [1.54, 1.807) is 48.5 Å². The molecule has 0 aliphatic carbocycles. The normalized spacial score (nSPS) is 10.5. The molecule has 0 heterocycles. The molecule has 122 valence electrons. The van der Waals surface area contributed by atoms with Crippen LogP contribution in [-0.2, 0) is 4.79 Å². The van der Waals surface area contributed by atoms with Crippen LogP contribution in [0.15, 0.2) is 48.5 Å². The van der Waals surface area contributed by atoms with Crippen LogP contribution >= 0.6 is 23.2 Å². The molecule has 0 spiro atoms. The van der Waals surface area contributed by atoms with E-state index in [0.717, 1.165) is 0 Å². The van der Waals surface area contributed by atoms with Crippen LogP contribution in [0.25, 0.3) is 0 Å². The van der Waals surface area contributed by atoms with Gasteiger partial charge >= 0.3 is 12.1 Å². The quantitative estimate of drug-likeness (QED) is 0.774. The Morgan fingerprint density at radius 1 is 0.783 bits per heavy atom. The Bertz CT molecular complexity index is 633. The van der Waals surface area contributed by atoms with E-state index in [9.17, 15) is 18.0 Å². The molecule has 0 radical (unpaired) electrons. The fourth-order valence-corrected chi connectivity index (χ4v) is 1.62. The Hall–Kier alpha value is -2.05. The topological polar surface area (TPSA) is 54.4 Å². The van der Waals surface area contributed by atoms with Crippen molar-refractivity contribution in [3.05, 3.63) is 69.7 Å². The lowest BCUT2D eigenvalue weighted by molar-refractivity contribution is -0.192. The van der Waals surface area contributed by atoms with Crippen molar-refractivity contribution in [2.24, 2.45) is 0 Å². The van der Waals surface area contributed by atoms with E-state index in [-0.39, 0.29) is 5.78 Å². The molecule has 2 aromatic rings. The third-order valence-corrected chi connectivity index (χ3v) is 2.96. The monoisotopic (exact) mass is 364 g/mol. The summed E-state index contributed by atoms with van der Waals surface area (Å²) in [7, 11) is 0. The summed E-state index contributed by atoms with van der Waals surface area (Å²) in [6, 6.07) is 13.6. The average Bonchev–Trinajstić information content (AvgIpc) is 2.48. The first-order valence-corrected chi connectivity index (χ1v) is 6.73. The zero-order chi connectivity index (χ0) is 17.6. The summed E-state index contributed by atoms with van der Waals surface area (Å²) in [5, 5.41) is 8.36. The molecule has 0 atom stereocenters. The minimum atomic E-state index is -5.08. The number of carboxylic acids is 1. The number of hydrogen-bond donors (Lipinski definition) is 1. The summed E-state index contributed by atoms with van der Waals surface area (Å²) in [6.07, 6.45) is -5.08. The number of carbonyl (C=O) groups is 2. The number of aliphatic carboxylic acids is 1. The van der Waals surface area contributed by atoms with Crippen molar-refractivity contribution in [3.63, 3.8) is 0 Å². The Balaban J connectivity index is 0.000000322. The van der Waals surface area contributed by atoms with Crippen LogP contribution < -0.4 is 0 Å². The zero-order valence-corrected chi connectivity index (χ0v) is 12.8. The fraction of sp³-hybridized carbons (Fsp3) is 0.0667. The molecule has 0 unspecified atom stereocenters. The second-order valence-corrected chi connectivity index (χ2v) is 5.02. The molecule has 0 saturated carbocycles. The summed E-state index contributed by atoms with van der Waals surface area (Å²) in [5.74, 6) is -2.79. The molecule has 1 N–H and O–H groups in total. The minimum absolute atomic E-state index is 0.0340. The van der Waals surface area contributed by atoms with Crippen molar-refractivity contribution in [1.29, 1.82) is 0 Å². The Morgan fingerprint density at radius 3 is 1.26 bits per heavy atom. The first kappa shape index (κ1) is 19.0. The van der Waals surface area contributed by atoms with E-state index in [4.69, 9.17) is 33.1 Å². The minimum Gasteiger partial charge on any atom is -0.475 e. The highest BCUT2D eigenvalue weighted by Gasteiger charge is 2.38. The fourth-order valence-electron chi connectivity index (χ4n) is 1.37. The molecular weight excluding hydrogens is 356 g/mol. The Kier molecular flexibility index (Phi) is 6.60. The van der Waals surface area contributed by atoms with E-state index in [1.165, 1.54) is 0 Å². The third kappa shape index (κ3) is 6.30. The standard InChI is InChI=1S/C13H8Cl2O.C2HF3O2/c14-11-5-1-9(2-6-11)13(16)10-3-7-12(15)8-4-10;3-2(4,5)1(6)7/h1-8H;(H,6,7). The largest absolute Gasteiger partial charge is 0.490 e. The number of ketones is 1. The number of carbonyl (C=O) groups excluding carboxylic acids is 1. The Labute approximate surface area is 139 Å². The summed E-state index contributed by atoms with van der Waals surface area (Å²) < 4.78 is 31.7. The van der Waals surface area contributed by atoms with Gasteiger partial charge in [-0.05, 0) is 48.5 Å². The van der Waals surface area contributed by atoms with E-state index >= 15 is 0 Å². The van der Waals surface area contributed by atoms with Gasteiger partial charge in [0.25, 0.3) is 0 Å². The van der Waals surface area contributed by atoms with Gasteiger partial charge in [0.1, 0.15) is 0 Å². The van der Waals surface area contributed by atoms with Crippen LogP contribution in [0.1, 0.15) is 15.9 Å². The lowest BCUT2D eigenvalue weighted by Crippen LogP contribution is -2.21. The molecular formula is C15H9Cl2F3O3. The smallest absolute Gasteiger partial charge is 0.475 e. The van der Waals surface area contributed by atoms with Crippen LogP contribution in [0, 0.1) is 0 Å². The third-order valence-electron chi connectivity index (χ3n) is 2.46. The SMILES string of the molecule is O=C(O)C(F)(F)F.O=C(c1ccc(Cl)cc1)c1ccc(Cl)cc1. The van der Waals surface area contributed by atoms with Crippen LogP contribution in [-0.4, -0.2) is 23.0 Å². The van der Waals surface area contributed by atoms with Crippen molar-refractivity contribution >= 4 is 35.0 Å². The molecule has 0 fully saturated rings. The van der Waals surface area contributed by atoms with Crippen molar-refractivity contribution in [2.75, 3.05) is 0 Å². The molecule has 0 aromatic heterocycles. The predicted octanol–water partition coefficient (Wildman–Crippen LogP) is 4.86. The maximum absolute atomic E-state index is 12.0. The van der Waals surface area contributed by atoms with Crippen molar-refractivity contribution in [3.8, 4) is 0 Å². The number of carboxylic acid groups (broad SMARTS) is 1. The zero-order valence-electron chi connectivity index (χ0n) is 11.3. The van der Waals surface area contributed by atoms with Gasteiger partial charge in [0.15, 0.2) is 5.78 Å². The molecule has 2 aromatic carbocycles. The number of halogens is 5. The molecule has 23 heavy (non-hydrogen) atoms. The van der Waals surface area contributed by atoms with E-state index < -0.39 is 12.1 Å². The van der Waals surface area contributed by atoms with Crippen LogP contribution in [0.3, 0.4) is 0 Å². The first-order chi connectivity index (χ1) is 10.6. The number of hydrogen-bond acceptors (Lipinski definition) is 2. The van der Waals surface area contributed by atoms with Gasteiger partial charge in [-0.15, -0.1) is 0 Å². The van der Waals surface area contributed by atoms with E-state index in [1.807, 2.05) is 0 Å². The summed E-state index contributed by atoms with van der Waals surface area (Å²) in [5.41, 5.74) is 1.23. The molecule has 3 nitrogen and oxygen atoms in total. The maximum atomic E-state index is 12.0. The molecule has 8 heteroatoms. The second-order valence-electron chi connectivity index (χ2n) is 4.15. The molecule has 0 aliphatic rings. The second kappa shape index (κ2) is 7.99. The highest BCUT2D eigenvalue weighted by Crippen LogP contribution is 2.16. The lowest BCUT2D eigenvalue weighted by Gasteiger charge is -2.01. The maximum Gasteiger partial charge on any atom is 0.490 e. The van der Waals surface area contributed by atoms with Gasteiger partial charge in [0.2, 0.25) is 0 Å². The summed E-state index contributed by atoms with van der Waals surface area (Å²) in [4.78, 5) is 20.9. The van der Waals surface area contributed by atoms with E-state index in [0.29, 0.717) is 21.2 Å². The van der Waals surface area contributed by atoms with Gasteiger partial charge in [-0.25, -0.2) is 4.79 Å². The summed E-state index contributed by atoms with van der Waals surface area (Å²) >= 11 is 11.5. The molecule has 2 rings (SSSR count). The Morgan fingerprint density at radius 2 is 1.04 bits per heavy atom. The predicted molar refractivity (Wildman–Crippen MR) is 80.0 cm³/mol. The number of rotatable bonds is 2. The molecule has 0 aliphatic heterocycles. The summed E-state index contributed by atoms with van der Waals surface area (Å²) in [6.45, 7) is 0. The number of alkyl halides is 3. The number of benzene rings is 2.